The van der Waals surface area contributed by atoms with Crippen LogP contribution >= 0.6 is 0 Å². The van der Waals surface area contributed by atoms with Crippen LogP contribution in [0.15, 0.2) is 24.3 Å². The molecule has 2 N–H and O–H groups in total. The third-order valence-electron chi connectivity index (χ3n) is 2.50. The summed E-state index contributed by atoms with van der Waals surface area (Å²) in [7, 11) is -3.87. The SMILES string of the molecule is CCOc1cccc(CNS(=O)(=O)C(C)C(=O)O)c1. The van der Waals surface area contributed by atoms with Gasteiger partial charge in [-0.25, -0.2) is 13.1 Å². The molecule has 0 aliphatic heterocycles. The fourth-order valence-electron chi connectivity index (χ4n) is 1.35. The minimum absolute atomic E-state index is 0.0286. The highest BCUT2D eigenvalue weighted by Gasteiger charge is 2.26. The van der Waals surface area contributed by atoms with Gasteiger partial charge in [-0.3, -0.25) is 4.79 Å². The molecule has 0 heterocycles. The Bertz CT molecular complexity index is 541. The van der Waals surface area contributed by atoms with Gasteiger partial charge in [0.1, 0.15) is 5.75 Å². The van der Waals surface area contributed by atoms with E-state index in [0.717, 1.165) is 6.92 Å². The Balaban J connectivity index is 2.71. The second-order valence-corrected chi connectivity index (χ2v) is 6.01. The van der Waals surface area contributed by atoms with E-state index in [1.807, 2.05) is 6.92 Å². The summed E-state index contributed by atoms with van der Waals surface area (Å²) in [5, 5.41) is 7.21. The lowest BCUT2D eigenvalue weighted by Gasteiger charge is -2.11. The molecule has 0 saturated carbocycles. The zero-order valence-corrected chi connectivity index (χ0v) is 11.6. The Kier molecular flexibility index (Phi) is 5.31. The van der Waals surface area contributed by atoms with Crippen LogP contribution in [0.1, 0.15) is 19.4 Å². The molecule has 1 rings (SSSR count). The van der Waals surface area contributed by atoms with E-state index in [4.69, 9.17) is 9.84 Å². The van der Waals surface area contributed by atoms with E-state index in [-0.39, 0.29) is 6.54 Å². The van der Waals surface area contributed by atoms with Gasteiger partial charge in [0.05, 0.1) is 6.61 Å². The zero-order chi connectivity index (χ0) is 14.5. The molecule has 1 aromatic carbocycles. The van der Waals surface area contributed by atoms with Crippen molar-refractivity contribution in [2.24, 2.45) is 0 Å². The highest BCUT2D eigenvalue weighted by molar-refractivity contribution is 7.90. The smallest absolute Gasteiger partial charge is 0.323 e. The van der Waals surface area contributed by atoms with Crippen LogP contribution in [-0.4, -0.2) is 31.4 Å². The van der Waals surface area contributed by atoms with Crippen LogP contribution in [-0.2, 0) is 21.4 Å². The average molecular weight is 287 g/mol. The first kappa shape index (κ1) is 15.5. The van der Waals surface area contributed by atoms with Crippen molar-refractivity contribution in [2.45, 2.75) is 25.6 Å². The maximum atomic E-state index is 11.6. The number of ether oxygens (including phenoxy) is 1. The second kappa shape index (κ2) is 6.53. The van der Waals surface area contributed by atoms with Crippen molar-refractivity contribution in [1.82, 2.24) is 4.72 Å². The maximum Gasteiger partial charge on any atom is 0.323 e. The third kappa shape index (κ3) is 4.53. The van der Waals surface area contributed by atoms with Gasteiger partial charge in [-0.1, -0.05) is 12.1 Å². The Morgan fingerprint density at radius 3 is 2.74 bits per heavy atom. The molecular weight excluding hydrogens is 270 g/mol. The van der Waals surface area contributed by atoms with Gasteiger partial charge in [-0.05, 0) is 31.5 Å². The number of rotatable bonds is 7. The van der Waals surface area contributed by atoms with Crippen LogP contribution in [0.4, 0.5) is 0 Å². The van der Waals surface area contributed by atoms with Gasteiger partial charge in [0.2, 0.25) is 10.0 Å². The zero-order valence-electron chi connectivity index (χ0n) is 10.8. The van der Waals surface area contributed by atoms with E-state index >= 15 is 0 Å². The molecule has 7 heteroatoms. The monoisotopic (exact) mass is 287 g/mol. The molecule has 0 bridgehead atoms. The largest absolute Gasteiger partial charge is 0.494 e. The molecule has 0 amide bonds. The standard InChI is InChI=1S/C12H17NO5S/c1-3-18-11-6-4-5-10(7-11)8-13-19(16,17)9(2)12(14)15/h4-7,9,13H,3,8H2,1-2H3,(H,14,15). The predicted molar refractivity (Wildman–Crippen MR) is 70.5 cm³/mol. The Morgan fingerprint density at radius 1 is 1.47 bits per heavy atom. The Morgan fingerprint density at radius 2 is 2.16 bits per heavy atom. The third-order valence-corrected chi connectivity index (χ3v) is 4.18. The van der Waals surface area contributed by atoms with E-state index in [0.29, 0.717) is 17.9 Å². The van der Waals surface area contributed by atoms with Gasteiger partial charge in [0.15, 0.2) is 5.25 Å². The molecule has 0 radical (unpaired) electrons. The average Bonchev–Trinajstić information content (AvgIpc) is 2.36. The fraction of sp³-hybridized carbons (Fsp3) is 0.417. The Hall–Kier alpha value is -1.60. The molecule has 1 atom stereocenters. The van der Waals surface area contributed by atoms with Crippen molar-refractivity contribution in [2.75, 3.05) is 6.61 Å². The quantitative estimate of drug-likeness (QED) is 0.779. The molecular formula is C12H17NO5S. The van der Waals surface area contributed by atoms with Crippen LogP contribution in [0.5, 0.6) is 5.75 Å². The molecule has 6 nitrogen and oxygen atoms in total. The number of aliphatic carboxylic acids is 1. The topological polar surface area (TPSA) is 92.7 Å². The van der Waals surface area contributed by atoms with Crippen LogP contribution < -0.4 is 9.46 Å². The molecule has 1 aromatic rings. The van der Waals surface area contributed by atoms with Gasteiger partial charge < -0.3 is 9.84 Å². The minimum atomic E-state index is -3.87. The first-order chi connectivity index (χ1) is 8.86. The lowest BCUT2D eigenvalue weighted by Crippen LogP contribution is -2.37. The molecule has 0 aliphatic carbocycles. The van der Waals surface area contributed by atoms with E-state index in [1.165, 1.54) is 0 Å². The number of sulfonamides is 1. The molecule has 1 unspecified atom stereocenters. The number of benzene rings is 1. The molecule has 0 fully saturated rings. The number of nitrogens with one attached hydrogen (secondary N) is 1. The number of carboxylic acids is 1. The van der Waals surface area contributed by atoms with Gasteiger partial charge in [-0.15, -0.1) is 0 Å². The molecule has 19 heavy (non-hydrogen) atoms. The summed E-state index contributed by atoms with van der Waals surface area (Å²) in [4.78, 5) is 10.7. The summed E-state index contributed by atoms with van der Waals surface area (Å²) >= 11 is 0. The number of hydrogen-bond donors (Lipinski definition) is 2. The molecule has 0 saturated heterocycles. The van der Waals surface area contributed by atoms with Crippen molar-refractivity contribution in [3.63, 3.8) is 0 Å². The predicted octanol–water partition coefficient (Wildman–Crippen LogP) is 0.978. The summed E-state index contributed by atoms with van der Waals surface area (Å²) in [5.74, 6) is -0.735. The number of carbonyl (C=O) groups is 1. The van der Waals surface area contributed by atoms with E-state index < -0.39 is 21.2 Å². The van der Waals surface area contributed by atoms with Crippen LogP contribution in [0, 0.1) is 0 Å². The first-order valence-electron chi connectivity index (χ1n) is 5.80. The van der Waals surface area contributed by atoms with Crippen molar-refractivity contribution >= 4 is 16.0 Å². The van der Waals surface area contributed by atoms with Crippen LogP contribution in [0.3, 0.4) is 0 Å². The lowest BCUT2D eigenvalue weighted by atomic mass is 10.2. The molecule has 0 aromatic heterocycles. The first-order valence-corrected chi connectivity index (χ1v) is 7.34. The molecule has 106 valence electrons. The van der Waals surface area contributed by atoms with Crippen LogP contribution in [0.25, 0.3) is 0 Å². The summed E-state index contributed by atoms with van der Waals surface area (Å²) in [6, 6.07) is 6.95. The van der Waals surface area contributed by atoms with E-state index in [2.05, 4.69) is 4.72 Å². The summed E-state index contributed by atoms with van der Waals surface area (Å²) in [6.07, 6.45) is 0. The van der Waals surface area contributed by atoms with Gasteiger partial charge in [0.25, 0.3) is 0 Å². The van der Waals surface area contributed by atoms with Gasteiger partial charge in [0, 0.05) is 6.54 Å². The fourth-order valence-corrected chi connectivity index (χ4v) is 2.24. The number of hydrogen-bond acceptors (Lipinski definition) is 4. The van der Waals surface area contributed by atoms with Crippen LogP contribution in [0.2, 0.25) is 0 Å². The molecule has 0 aliphatic rings. The van der Waals surface area contributed by atoms with Gasteiger partial charge >= 0.3 is 5.97 Å². The molecule has 0 spiro atoms. The Labute approximate surface area is 112 Å². The number of carboxylic acid groups (broad SMARTS) is 1. The summed E-state index contributed by atoms with van der Waals surface area (Å²) in [6.45, 7) is 3.53. The van der Waals surface area contributed by atoms with E-state index in [9.17, 15) is 13.2 Å². The normalized spacial score (nSPS) is 12.9. The summed E-state index contributed by atoms with van der Waals surface area (Å²) in [5.41, 5.74) is 0.701. The highest BCUT2D eigenvalue weighted by Crippen LogP contribution is 2.13. The van der Waals surface area contributed by atoms with E-state index in [1.54, 1.807) is 24.3 Å². The van der Waals surface area contributed by atoms with Crippen molar-refractivity contribution in [1.29, 1.82) is 0 Å². The minimum Gasteiger partial charge on any atom is -0.494 e. The lowest BCUT2D eigenvalue weighted by molar-refractivity contribution is -0.136. The van der Waals surface area contributed by atoms with Crippen molar-refractivity contribution in [3.8, 4) is 5.75 Å². The van der Waals surface area contributed by atoms with Crippen molar-refractivity contribution < 1.29 is 23.1 Å². The second-order valence-electron chi connectivity index (χ2n) is 3.93. The maximum absolute atomic E-state index is 11.6. The van der Waals surface area contributed by atoms with Crippen molar-refractivity contribution in [3.05, 3.63) is 29.8 Å². The van der Waals surface area contributed by atoms with Gasteiger partial charge in [-0.2, -0.15) is 0 Å². The summed E-state index contributed by atoms with van der Waals surface area (Å²) < 4.78 is 30.8. The highest BCUT2D eigenvalue weighted by atomic mass is 32.2.